The van der Waals surface area contributed by atoms with Crippen molar-refractivity contribution in [3.05, 3.63) is 77.1 Å². The van der Waals surface area contributed by atoms with Gasteiger partial charge in [0.05, 0.1) is 6.21 Å². The van der Waals surface area contributed by atoms with E-state index in [2.05, 4.69) is 65.5 Å². The molecule has 3 rings (SSSR count). The van der Waals surface area contributed by atoms with Gasteiger partial charge in [0.25, 0.3) is 0 Å². The highest BCUT2D eigenvalue weighted by Crippen LogP contribution is 2.21. The Kier molecular flexibility index (Phi) is 5.66. The summed E-state index contributed by atoms with van der Waals surface area (Å²) < 4.78 is 1.80. The van der Waals surface area contributed by atoms with Crippen LogP contribution in [0.4, 0.5) is 0 Å². The van der Waals surface area contributed by atoms with E-state index in [1.54, 1.807) is 16.4 Å². The molecule has 0 N–H and O–H groups in total. The van der Waals surface area contributed by atoms with Gasteiger partial charge in [-0.3, -0.25) is 0 Å². The summed E-state index contributed by atoms with van der Waals surface area (Å²) in [6, 6.07) is 18.8. The number of aryl methyl sites for hydroxylation is 1. The fraction of sp³-hybridized carbons (Fsp3) is 0.250. The molecule has 0 radical (unpaired) electrons. The highest BCUT2D eigenvalue weighted by atomic mass is 32.2. The van der Waals surface area contributed by atoms with E-state index in [1.165, 1.54) is 11.1 Å². The summed E-state index contributed by atoms with van der Waals surface area (Å²) in [5.41, 5.74) is 3.65. The van der Waals surface area contributed by atoms with Crippen molar-refractivity contribution in [2.45, 2.75) is 37.6 Å². The summed E-state index contributed by atoms with van der Waals surface area (Å²) in [5, 5.41) is 13.8. The van der Waals surface area contributed by atoms with E-state index < -0.39 is 0 Å². The number of rotatable bonds is 6. The first kappa shape index (κ1) is 17.4. The number of hydrogen-bond donors (Lipinski definition) is 0. The fourth-order valence-corrected chi connectivity index (χ4v) is 3.26. The molecular weight excluding hydrogens is 328 g/mol. The van der Waals surface area contributed by atoms with Crippen molar-refractivity contribution in [2.24, 2.45) is 5.10 Å². The predicted molar refractivity (Wildman–Crippen MR) is 104 cm³/mol. The average Bonchev–Trinajstić information content (AvgIpc) is 2.99. The molecule has 128 valence electrons. The van der Waals surface area contributed by atoms with Crippen LogP contribution in [0.5, 0.6) is 0 Å². The van der Waals surface area contributed by atoms with Crippen molar-refractivity contribution in [2.75, 3.05) is 0 Å². The van der Waals surface area contributed by atoms with E-state index in [-0.39, 0.29) is 0 Å². The first-order valence-corrected chi connectivity index (χ1v) is 9.35. The first-order valence-electron chi connectivity index (χ1n) is 8.36. The van der Waals surface area contributed by atoms with Gasteiger partial charge in [-0.05, 0) is 29.5 Å². The largest absolute Gasteiger partial charge is 0.212 e. The van der Waals surface area contributed by atoms with Crippen LogP contribution in [-0.2, 0) is 5.75 Å². The molecule has 0 atom stereocenters. The van der Waals surface area contributed by atoms with Gasteiger partial charge in [-0.25, -0.2) is 0 Å². The highest BCUT2D eigenvalue weighted by molar-refractivity contribution is 7.98. The molecule has 0 spiro atoms. The van der Waals surface area contributed by atoms with Gasteiger partial charge in [0.2, 0.25) is 5.16 Å². The molecule has 4 nitrogen and oxygen atoms in total. The second-order valence-electron chi connectivity index (χ2n) is 6.18. The zero-order valence-electron chi connectivity index (χ0n) is 14.8. The van der Waals surface area contributed by atoms with Crippen molar-refractivity contribution in [3.8, 4) is 0 Å². The lowest BCUT2D eigenvalue weighted by Gasteiger charge is -2.05. The molecule has 0 saturated carbocycles. The van der Waals surface area contributed by atoms with Crippen molar-refractivity contribution >= 4 is 18.0 Å². The third-order valence-electron chi connectivity index (χ3n) is 3.90. The molecule has 3 aromatic rings. The molecule has 0 saturated heterocycles. The molecule has 0 fully saturated rings. The normalized spacial score (nSPS) is 11.5. The molecule has 5 heteroatoms. The van der Waals surface area contributed by atoms with Crippen molar-refractivity contribution in [3.63, 3.8) is 0 Å². The number of nitrogens with zero attached hydrogens (tertiary/aromatic N) is 4. The summed E-state index contributed by atoms with van der Waals surface area (Å²) in [7, 11) is 0. The van der Waals surface area contributed by atoms with E-state index in [4.69, 9.17) is 0 Å². The Morgan fingerprint density at radius 2 is 1.76 bits per heavy atom. The molecule has 1 heterocycles. The molecule has 0 aliphatic heterocycles. The van der Waals surface area contributed by atoms with Gasteiger partial charge in [-0.2, -0.15) is 9.78 Å². The van der Waals surface area contributed by atoms with E-state index in [0.29, 0.717) is 5.92 Å². The molecular formula is C20H22N4S. The first-order chi connectivity index (χ1) is 12.1. The van der Waals surface area contributed by atoms with Gasteiger partial charge in [0, 0.05) is 5.75 Å². The molecule has 0 aliphatic carbocycles. The topological polar surface area (TPSA) is 43.1 Å². The van der Waals surface area contributed by atoms with Crippen LogP contribution >= 0.6 is 11.8 Å². The van der Waals surface area contributed by atoms with E-state index in [1.807, 2.05) is 31.3 Å². The SMILES string of the molecule is Cc1nnc(SCc2ccccc2)n1/N=C\c1ccc(C(C)C)cc1. The summed E-state index contributed by atoms with van der Waals surface area (Å²) in [6.07, 6.45) is 1.85. The van der Waals surface area contributed by atoms with Crippen LogP contribution in [0.15, 0.2) is 64.9 Å². The zero-order valence-corrected chi connectivity index (χ0v) is 15.6. The molecule has 2 aromatic carbocycles. The zero-order chi connectivity index (χ0) is 17.6. The van der Waals surface area contributed by atoms with Gasteiger partial charge >= 0.3 is 0 Å². The maximum atomic E-state index is 4.57. The maximum Gasteiger partial charge on any atom is 0.212 e. The Hall–Kier alpha value is -2.40. The molecule has 25 heavy (non-hydrogen) atoms. The van der Waals surface area contributed by atoms with E-state index in [0.717, 1.165) is 22.3 Å². The third-order valence-corrected chi connectivity index (χ3v) is 4.89. The number of thioether (sulfide) groups is 1. The van der Waals surface area contributed by atoms with Crippen LogP contribution in [0.2, 0.25) is 0 Å². The van der Waals surface area contributed by atoms with Crippen LogP contribution in [-0.4, -0.2) is 21.1 Å². The summed E-state index contributed by atoms with van der Waals surface area (Å²) in [4.78, 5) is 0. The lowest BCUT2D eigenvalue weighted by Crippen LogP contribution is -1.97. The lowest BCUT2D eigenvalue weighted by molar-refractivity contribution is 0.744. The Balaban J connectivity index is 1.72. The second-order valence-corrected chi connectivity index (χ2v) is 7.12. The van der Waals surface area contributed by atoms with Crippen molar-refractivity contribution < 1.29 is 0 Å². The molecule has 0 bridgehead atoms. The minimum Gasteiger partial charge on any atom is -0.192 e. The van der Waals surface area contributed by atoms with Crippen molar-refractivity contribution in [1.29, 1.82) is 0 Å². The number of aromatic nitrogens is 3. The van der Waals surface area contributed by atoms with Gasteiger partial charge in [0.1, 0.15) is 0 Å². The fourth-order valence-electron chi connectivity index (χ4n) is 2.37. The monoisotopic (exact) mass is 350 g/mol. The third kappa shape index (κ3) is 4.57. The van der Waals surface area contributed by atoms with Crippen LogP contribution in [0.1, 0.15) is 42.3 Å². The molecule has 0 aliphatic rings. The summed E-state index contributed by atoms with van der Waals surface area (Å²) in [6.45, 7) is 6.30. The van der Waals surface area contributed by atoms with Gasteiger partial charge in [-0.15, -0.1) is 10.2 Å². The van der Waals surface area contributed by atoms with E-state index in [9.17, 15) is 0 Å². The predicted octanol–water partition coefficient (Wildman–Crippen LogP) is 4.88. The average molecular weight is 350 g/mol. The summed E-state index contributed by atoms with van der Waals surface area (Å²) >= 11 is 1.64. The van der Waals surface area contributed by atoms with Gasteiger partial charge < -0.3 is 0 Å². The number of benzene rings is 2. The van der Waals surface area contributed by atoms with Crippen LogP contribution in [0.3, 0.4) is 0 Å². The maximum absolute atomic E-state index is 4.57. The summed E-state index contributed by atoms with van der Waals surface area (Å²) in [5.74, 6) is 2.16. The van der Waals surface area contributed by atoms with E-state index >= 15 is 0 Å². The molecule has 1 aromatic heterocycles. The number of hydrogen-bond acceptors (Lipinski definition) is 4. The van der Waals surface area contributed by atoms with Crippen LogP contribution in [0.25, 0.3) is 0 Å². The molecule has 0 unspecified atom stereocenters. The molecule has 0 amide bonds. The van der Waals surface area contributed by atoms with Crippen LogP contribution in [0, 0.1) is 6.92 Å². The highest BCUT2D eigenvalue weighted by Gasteiger charge is 2.08. The minimum atomic E-state index is 0.534. The smallest absolute Gasteiger partial charge is 0.192 e. The van der Waals surface area contributed by atoms with Gasteiger partial charge in [-0.1, -0.05) is 80.2 Å². The minimum absolute atomic E-state index is 0.534. The Bertz CT molecular complexity index is 836. The van der Waals surface area contributed by atoms with Crippen LogP contribution < -0.4 is 0 Å². The Morgan fingerprint density at radius 3 is 2.44 bits per heavy atom. The van der Waals surface area contributed by atoms with Crippen molar-refractivity contribution in [1.82, 2.24) is 14.9 Å². The lowest BCUT2D eigenvalue weighted by atomic mass is 10.0. The standard InChI is InChI=1S/C20H22N4S/c1-15(2)19-11-9-17(10-12-19)13-21-24-16(3)22-23-20(24)25-14-18-7-5-4-6-8-18/h4-13,15H,14H2,1-3H3/b21-13-. The Labute approximate surface area is 153 Å². The quantitative estimate of drug-likeness (QED) is 0.470. The van der Waals surface area contributed by atoms with Gasteiger partial charge in [0.15, 0.2) is 5.82 Å². The second kappa shape index (κ2) is 8.12. The Morgan fingerprint density at radius 1 is 1.04 bits per heavy atom.